The van der Waals surface area contributed by atoms with Crippen LogP contribution in [0.25, 0.3) is 17.1 Å². The second kappa shape index (κ2) is 12.3. The number of likely N-dealkylation sites (N-methyl/N-ethyl adjacent to an activating group) is 1. The molecule has 10 nitrogen and oxygen atoms in total. The first-order chi connectivity index (χ1) is 18.3. The molecule has 0 radical (unpaired) electrons. The largest absolute Gasteiger partial charge is 0.507 e. The molecule has 204 valence electrons. The van der Waals surface area contributed by atoms with Crippen molar-refractivity contribution in [2.24, 2.45) is 0 Å². The lowest BCUT2D eigenvalue weighted by Gasteiger charge is -2.32. The van der Waals surface area contributed by atoms with Gasteiger partial charge < -0.3 is 24.8 Å². The number of nitrogens with zero attached hydrogens (tertiary/aromatic N) is 5. The van der Waals surface area contributed by atoms with Gasteiger partial charge in [0.25, 0.3) is 5.91 Å². The fourth-order valence-electron chi connectivity index (χ4n) is 4.54. The smallest absolute Gasteiger partial charge is 0.289 e. The molecule has 2 heterocycles. The fraction of sp³-hybridized carbons (Fsp3) is 0.464. The van der Waals surface area contributed by atoms with E-state index in [4.69, 9.17) is 9.47 Å². The maximum absolute atomic E-state index is 12.9. The zero-order valence-electron chi connectivity index (χ0n) is 22.9. The number of ether oxygens (including phenoxy) is 2. The lowest BCUT2D eigenvalue weighted by atomic mass is 9.98. The van der Waals surface area contributed by atoms with Crippen molar-refractivity contribution in [3.63, 3.8) is 0 Å². The first-order valence-corrected chi connectivity index (χ1v) is 13.1. The second-order valence-corrected chi connectivity index (χ2v) is 9.80. The predicted octanol–water partition coefficient (Wildman–Crippen LogP) is 3.15. The van der Waals surface area contributed by atoms with Crippen LogP contribution in [-0.4, -0.2) is 95.6 Å². The van der Waals surface area contributed by atoms with Gasteiger partial charge in [-0.1, -0.05) is 13.8 Å². The van der Waals surface area contributed by atoms with Crippen molar-refractivity contribution in [1.82, 2.24) is 29.9 Å². The average molecular weight is 523 g/mol. The van der Waals surface area contributed by atoms with E-state index in [2.05, 4.69) is 32.4 Å². The van der Waals surface area contributed by atoms with Crippen molar-refractivity contribution in [3.8, 4) is 34.3 Å². The van der Waals surface area contributed by atoms with Gasteiger partial charge in [0.1, 0.15) is 23.9 Å². The topological polar surface area (TPSA) is 105 Å². The third kappa shape index (κ3) is 6.08. The standard InChI is InChI=1S/C28H38N6O4/c1-6-29-28(36)27-31-30-26(23-17-22(19(2)3)25(37-5)18-24(23)35)34(27)20-7-9-21(10-8-20)38-16-15-33-13-11-32(4)12-14-33/h7-10,17-19,35H,6,11-16H2,1-5H3,(H,29,36). The number of rotatable bonds is 10. The highest BCUT2D eigenvalue weighted by Gasteiger charge is 2.24. The summed E-state index contributed by atoms with van der Waals surface area (Å²) < 4.78 is 13.1. The Balaban J connectivity index is 1.62. The number of carbonyl (C=O) groups is 1. The Kier molecular flexibility index (Phi) is 8.85. The summed E-state index contributed by atoms with van der Waals surface area (Å²) >= 11 is 0. The highest BCUT2D eigenvalue weighted by molar-refractivity contribution is 5.92. The number of carbonyl (C=O) groups excluding carboxylic acids is 1. The summed E-state index contributed by atoms with van der Waals surface area (Å²) in [4.78, 5) is 17.6. The molecule has 0 spiro atoms. The average Bonchev–Trinajstić information content (AvgIpc) is 3.35. The molecule has 1 aliphatic heterocycles. The second-order valence-electron chi connectivity index (χ2n) is 9.80. The van der Waals surface area contributed by atoms with Crippen molar-refractivity contribution >= 4 is 5.91 Å². The molecular formula is C28H38N6O4. The molecule has 3 aromatic rings. The molecule has 10 heteroatoms. The molecule has 1 amide bonds. The number of amides is 1. The molecule has 2 N–H and O–H groups in total. The number of hydrogen-bond acceptors (Lipinski definition) is 8. The normalized spacial score (nSPS) is 14.6. The molecule has 38 heavy (non-hydrogen) atoms. The van der Waals surface area contributed by atoms with E-state index in [0.717, 1.165) is 44.0 Å². The Labute approximate surface area is 224 Å². The number of phenolic OH excluding ortho intramolecular Hbond substituents is 1. The number of nitrogens with one attached hydrogen (secondary N) is 1. The molecule has 0 unspecified atom stereocenters. The molecular weight excluding hydrogens is 484 g/mol. The summed E-state index contributed by atoms with van der Waals surface area (Å²) in [6.45, 7) is 12.1. The first kappa shape index (κ1) is 27.4. The summed E-state index contributed by atoms with van der Waals surface area (Å²) in [5.74, 6) is 1.61. The number of aromatic hydroxyl groups is 1. The van der Waals surface area contributed by atoms with Gasteiger partial charge in [-0.2, -0.15) is 0 Å². The molecule has 0 aliphatic carbocycles. The Bertz CT molecular complexity index is 1230. The van der Waals surface area contributed by atoms with Crippen LogP contribution in [0.4, 0.5) is 0 Å². The zero-order valence-corrected chi connectivity index (χ0v) is 22.9. The maximum atomic E-state index is 12.9. The molecule has 2 aromatic carbocycles. The van der Waals surface area contributed by atoms with Gasteiger partial charge in [-0.05, 0) is 55.8 Å². The SMILES string of the molecule is CCNC(=O)c1nnc(-c2cc(C(C)C)c(OC)cc2O)n1-c1ccc(OCCN2CCN(C)CC2)cc1. The number of benzene rings is 2. The van der Waals surface area contributed by atoms with Crippen LogP contribution in [0.1, 0.15) is 42.9 Å². The van der Waals surface area contributed by atoms with Crippen molar-refractivity contribution < 1.29 is 19.4 Å². The van der Waals surface area contributed by atoms with E-state index < -0.39 is 0 Å². The Morgan fingerprint density at radius 3 is 2.45 bits per heavy atom. The minimum Gasteiger partial charge on any atom is -0.507 e. The molecule has 0 bridgehead atoms. The monoisotopic (exact) mass is 522 g/mol. The van der Waals surface area contributed by atoms with Gasteiger partial charge in [-0.3, -0.25) is 14.3 Å². The molecule has 1 saturated heterocycles. The number of phenols is 1. The Hall–Kier alpha value is -3.63. The van der Waals surface area contributed by atoms with Crippen LogP contribution in [0.5, 0.6) is 17.2 Å². The summed E-state index contributed by atoms with van der Waals surface area (Å²) in [6.07, 6.45) is 0. The number of piperazine rings is 1. The van der Waals surface area contributed by atoms with E-state index in [1.165, 1.54) is 0 Å². The molecule has 1 aliphatic rings. The number of hydrogen-bond donors (Lipinski definition) is 2. The van der Waals surface area contributed by atoms with Gasteiger partial charge in [0.2, 0.25) is 5.82 Å². The van der Waals surface area contributed by atoms with E-state index in [9.17, 15) is 9.90 Å². The lowest BCUT2D eigenvalue weighted by Crippen LogP contribution is -2.45. The van der Waals surface area contributed by atoms with Crippen LogP contribution in [0, 0.1) is 0 Å². The lowest BCUT2D eigenvalue weighted by molar-refractivity contribution is 0.0943. The van der Waals surface area contributed by atoms with Crippen LogP contribution >= 0.6 is 0 Å². The van der Waals surface area contributed by atoms with Gasteiger partial charge in [-0.15, -0.1) is 10.2 Å². The van der Waals surface area contributed by atoms with Crippen LogP contribution in [-0.2, 0) is 0 Å². The summed E-state index contributed by atoms with van der Waals surface area (Å²) in [7, 11) is 3.72. The van der Waals surface area contributed by atoms with Gasteiger partial charge in [0.05, 0.1) is 12.7 Å². The van der Waals surface area contributed by atoms with Crippen molar-refractivity contribution in [2.45, 2.75) is 26.7 Å². The zero-order chi connectivity index (χ0) is 27.2. The first-order valence-electron chi connectivity index (χ1n) is 13.1. The van der Waals surface area contributed by atoms with Gasteiger partial charge in [-0.25, -0.2) is 0 Å². The van der Waals surface area contributed by atoms with Crippen LogP contribution in [0.2, 0.25) is 0 Å². The molecule has 0 atom stereocenters. The third-order valence-corrected chi connectivity index (χ3v) is 6.78. The molecule has 0 saturated carbocycles. The number of aromatic nitrogens is 3. The van der Waals surface area contributed by atoms with E-state index in [-0.39, 0.29) is 23.4 Å². The van der Waals surface area contributed by atoms with E-state index in [1.54, 1.807) is 17.7 Å². The highest BCUT2D eigenvalue weighted by Crippen LogP contribution is 2.38. The van der Waals surface area contributed by atoms with Crippen molar-refractivity contribution in [2.75, 3.05) is 60.0 Å². The Morgan fingerprint density at radius 2 is 1.82 bits per heavy atom. The molecule has 1 fully saturated rings. The summed E-state index contributed by atoms with van der Waals surface area (Å²) in [5.41, 5.74) is 2.06. The van der Waals surface area contributed by atoms with Gasteiger partial charge in [0, 0.05) is 51.0 Å². The minimum absolute atomic E-state index is 0.00814. The Morgan fingerprint density at radius 1 is 1.11 bits per heavy atom. The van der Waals surface area contributed by atoms with Crippen molar-refractivity contribution in [1.29, 1.82) is 0 Å². The minimum atomic E-state index is -0.351. The summed E-state index contributed by atoms with van der Waals surface area (Å²) in [6, 6.07) is 10.9. The van der Waals surface area contributed by atoms with Crippen molar-refractivity contribution in [3.05, 3.63) is 47.8 Å². The summed E-state index contributed by atoms with van der Waals surface area (Å²) in [5, 5.41) is 22.2. The fourth-order valence-corrected chi connectivity index (χ4v) is 4.54. The van der Waals surface area contributed by atoms with Crippen LogP contribution in [0.15, 0.2) is 36.4 Å². The molecule has 1 aromatic heterocycles. The van der Waals surface area contributed by atoms with E-state index in [1.807, 2.05) is 51.1 Å². The van der Waals surface area contributed by atoms with E-state index in [0.29, 0.717) is 36.0 Å². The number of methoxy groups -OCH3 is 1. The van der Waals surface area contributed by atoms with E-state index >= 15 is 0 Å². The van der Waals surface area contributed by atoms with Gasteiger partial charge >= 0.3 is 0 Å². The third-order valence-electron chi connectivity index (χ3n) is 6.78. The quantitative estimate of drug-likeness (QED) is 0.419. The highest BCUT2D eigenvalue weighted by atomic mass is 16.5. The van der Waals surface area contributed by atoms with Crippen LogP contribution < -0.4 is 14.8 Å². The van der Waals surface area contributed by atoms with Crippen LogP contribution in [0.3, 0.4) is 0 Å². The maximum Gasteiger partial charge on any atom is 0.289 e. The van der Waals surface area contributed by atoms with Gasteiger partial charge in [0.15, 0.2) is 5.82 Å². The molecule has 4 rings (SSSR count). The predicted molar refractivity (Wildman–Crippen MR) is 147 cm³/mol.